The minimum Gasteiger partial charge on any atom is -0.364 e. The van der Waals surface area contributed by atoms with Gasteiger partial charge in [-0.05, 0) is 35.7 Å². The molecular formula is C24H18AuN2P. The molecule has 0 atom stereocenters. The Morgan fingerprint density at radius 2 is 1.07 bits per heavy atom. The summed E-state index contributed by atoms with van der Waals surface area (Å²) >= 11 is 0. The second-order valence-electron chi connectivity index (χ2n) is 5.56. The molecule has 0 radical (unpaired) electrons. The quantitative estimate of drug-likeness (QED) is 0.164. The molecule has 0 fully saturated rings. The van der Waals surface area contributed by atoms with E-state index in [1.54, 1.807) is 6.20 Å². The van der Waals surface area contributed by atoms with E-state index in [4.69, 9.17) is 6.42 Å². The monoisotopic (exact) mass is 562 g/mol. The van der Waals surface area contributed by atoms with Crippen molar-refractivity contribution in [2.75, 3.05) is 0 Å². The van der Waals surface area contributed by atoms with Gasteiger partial charge in [-0.15, -0.1) is 0 Å². The molecule has 1 heterocycles. The van der Waals surface area contributed by atoms with E-state index in [2.05, 4.69) is 107 Å². The van der Waals surface area contributed by atoms with Crippen LogP contribution in [0.5, 0.6) is 0 Å². The first-order valence-electron chi connectivity index (χ1n) is 8.52. The van der Waals surface area contributed by atoms with Crippen molar-refractivity contribution < 1.29 is 22.4 Å². The van der Waals surface area contributed by atoms with Gasteiger partial charge in [-0.3, -0.25) is 10.9 Å². The maximum absolute atomic E-state index is 6.59. The van der Waals surface area contributed by atoms with Crippen LogP contribution in [0.4, 0.5) is 0 Å². The van der Waals surface area contributed by atoms with Crippen molar-refractivity contribution in [3.8, 4) is 5.92 Å². The van der Waals surface area contributed by atoms with E-state index < -0.39 is 7.92 Å². The number of hydrogen-bond donors (Lipinski definition) is 0. The molecule has 4 heteroatoms. The average Bonchev–Trinajstić information content (AvgIpc) is 2.77. The zero-order valence-electron chi connectivity index (χ0n) is 15.0. The molecule has 28 heavy (non-hydrogen) atoms. The third kappa shape index (κ3) is 6.27. The Kier molecular flexibility index (Phi) is 9.35. The van der Waals surface area contributed by atoms with Crippen molar-refractivity contribution in [3.05, 3.63) is 122 Å². The molecule has 0 aliphatic rings. The summed E-state index contributed by atoms with van der Waals surface area (Å²) in [5, 5.41) is 4.19. The molecule has 0 N–H and O–H groups in total. The maximum Gasteiger partial charge on any atom is 1.00 e. The normalized spacial score (nSPS) is 9.43. The summed E-state index contributed by atoms with van der Waals surface area (Å²) in [7, 11) is -0.446. The molecule has 2 nitrogen and oxygen atoms in total. The van der Waals surface area contributed by atoms with E-state index in [0.29, 0.717) is 5.69 Å². The summed E-state index contributed by atoms with van der Waals surface area (Å²) in [6.07, 6.45) is 11.2. The van der Waals surface area contributed by atoms with Gasteiger partial charge < -0.3 is 11.4 Å². The van der Waals surface area contributed by atoms with Gasteiger partial charge in [0.15, 0.2) is 0 Å². The van der Waals surface area contributed by atoms with E-state index in [9.17, 15) is 0 Å². The van der Waals surface area contributed by atoms with Gasteiger partial charge in [-0.2, -0.15) is 0 Å². The van der Waals surface area contributed by atoms with Crippen molar-refractivity contribution in [3.63, 3.8) is 0 Å². The first-order valence-corrected chi connectivity index (χ1v) is 9.86. The molecule has 0 amide bonds. The molecule has 4 rings (SSSR count). The van der Waals surface area contributed by atoms with Crippen LogP contribution in [0.2, 0.25) is 0 Å². The summed E-state index contributed by atoms with van der Waals surface area (Å²) in [6, 6.07) is 32.3. The zero-order chi connectivity index (χ0) is 18.7. The van der Waals surface area contributed by atoms with Gasteiger partial charge in [0.05, 0.1) is 0 Å². The minimum atomic E-state index is -0.446. The Hall–Kier alpha value is -2.53. The standard InChI is InChI=1S/C18H15P.C6H3N2.Au/c1-4-10-16(11-5-1)19(17-12-6-2-7-13-17)18-14-8-3-9-15-18;1-2-6-5-7-3-4-8-6;/h1-15H;3-5H;/q;-1;+1. The van der Waals surface area contributed by atoms with Crippen LogP contribution in [0.1, 0.15) is 5.69 Å². The Morgan fingerprint density at radius 1 is 0.643 bits per heavy atom. The summed E-state index contributed by atoms with van der Waals surface area (Å²) < 4.78 is 0. The van der Waals surface area contributed by atoms with Crippen LogP contribution in [-0.2, 0) is 22.4 Å². The molecular weight excluding hydrogens is 544 g/mol. The fourth-order valence-corrected chi connectivity index (χ4v) is 4.85. The Morgan fingerprint density at radius 3 is 1.36 bits per heavy atom. The summed E-state index contributed by atoms with van der Waals surface area (Å²) in [5.41, 5.74) is 0.465. The van der Waals surface area contributed by atoms with Crippen LogP contribution in [0.3, 0.4) is 0 Å². The Labute approximate surface area is 183 Å². The van der Waals surface area contributed by atoms with Crippen LogP contribution < -0.4 is 15.9 Å². The second kappa shape index (κ2) is 12.0. The predicted molar refractivity (Wildman–Crippen MR) is 113 cm³/mol. The zero-order valence-corrected chi connectivity index (χ0v) is 18.1. The Bertz CT molecular complexity index is 879. The molecule has 0 saturated heterocycles. The average molecular weight is 562 g/mol. The van der Waals surface area contributed by atoms with E-state index in [1.807, 2.05) is 0 Å². The number of rotatable bonds is 3. The number of nitrogens with zero attached hydrogens (tertiary/aromatic N) is 2. The van der Waals surface area contributed by atoms with E-state index in [1.165, 1.54) is 28.3 Å². The van der Waals surface area contributed by atoms with Gasteiger partial charge in [0, 0.05) is 12.4 Å². The smallest absolute Gasteiger partial charge is 0.364 e. The van der Waals surface area contributed by atoms with Crippen LogP contribution in [0.15, 0.2) is 110 Å². The molecule has 3 aromatic carbocycles. The third-order valence-corrected chi connectivity index (χ3v) is 6.18. The third-order valence-electron chi connectivity index (χ3n) is 3.73. The first-order chi connectivity index (χ1) is 13.4. The summed E-state index contributed by atoms with van der Waals surface area (Å²) in [6.45, 7) is 0. The van der Waals surface area contributed by atoms with Gasteiger partial charge in [-0.1, -0.05) is 91.0 Å². The van der Waals surface area contributed by atoms with E-state index in [0.717, 1.165) is 0 Å². The Balaban J connectivity index is 0.000000264. The van der Waals surface area contributed by atoms with Gasteiger partial charge >= 0.3 is 22.4 Å². The maximum atomic E-state index is 6.59. The summed E-state index contributed by atoms with van der Waals surface area (Å²) in [4.78, 5) is 7.45. The minimum absolute atomic E-state index is 0. The van der Waals surface area contributed by atoms with Gasteiger partial charge in [0.25, 0.3) is 0 Å². The fraction of sp³-hybridized carbons (Fsp3) is 0. The van der Waals surface area contributed by atoms with Crippen molar-refractivity contribution >= 4 is 23.8 Å². The van der Waals surface area contributed by atoms with Crippen LogP contribution in [0, 0.1) is 12.3 Å². The van der Waals surface area contributed by atoms with Crippen molar-refractivity contribution in [1.29, 1.82) is 0 Å². The molecule has 0 aliphatic carbocycles. The van der Waals surface area contributed by atoms with Gasteiger partial charge in [0.2, 0.25) is 0 Å². The van der Waals surface area contributed by atoms with Gasteiger partial charge in [0.1, 0.15) is 0 Å². The molecule has 0 saturated carbocycles. The van der Waals surface area contributed by atoms with E-state index in [-0.39, 0.29) is 22.4 Å². The second-order valence-corrected chi connectivity index (χ2v) is 7.78. The van der Waals surface area contributed by atoms with Crippen LogP contribution in [0.25, 0.3) is 0 Å². The van der Waals surface area contributed by atoms with Crippen molar-refractivity contribution in [2.45, 2.75) is 0 Å². The molecule has 0 unspecified atom stereocenters. The van der Waals surface area contributed by atoms with Crippen molar-refractivity contribution in [2.24, 2.45) is 0 Å². The summed E-state index contributed by atoms with van der Waals surface area (Å²) in [5.74, 6) is 2.10. The SMILES string of the molecule is [Au+].[C-]#Cc1cnccn1.c1ccc(P(c2ccccc2)c2ccccc2)cc1. The molecule has 0 aliphatic heterocycles. The molecule has 4 aromatic rings. The fourth-order valence-electron chi connectivity index (χ4n) is 2.54. The van der Waals surface area contributed by atoms with Crippen molar-refractivity contribution in [1.82, 2.24) is 9.97 Å². The largest absolute Gasteiger partial charge is 1.00 e. The number of benzene rings is 3. The molecule has 0 spiro atoms. The van der Waals surface area contributed by atoms with E-state index >= 15 is 0 Å². The molecule has 1 aromatic heterocycles. The number of hydrogen-bond acceptors (Lipinski definition) is 2. The predicted octanol–water partition coefficient (Wildman–Crippen LogP) is 3.86. The topological polar surface area (TPSA) is 25.8 Å². The molecule has 0 bridgehead atoms. The molecule has 140 valence electrons. The van der Waals surface area contributed by atoms with Crippen LogP contribution >= 0.6 is 7.92 Å². The number of aromatic nitrogens is 2. The van der Waals surface area contributed by atoms with Crippen LogP contribution in [-0.4, -0.2) is 9.97 Å². The first kappa shape index (κ1) is 21.8. The van der Waals surface area contributed by atoms with Gasteiger partial charge in [-0.25, -0.2) is 0 Å².